The Labute approximate surface area is 132 Å². The molecule has 0 saturated heterocycles. The van der Waals surface area contributed by atoms with Gasteiger partial charge in [0.25, 0.3) is 5.91 Å². The highest BCUT2D eigenvalue weighted by Crippen LogP contribution is 2.34. The van der Waals surface area contributed by atoms with E-state index in [0.717, 1.165) is 11.6 Å². The standard InChI is InChI=1S/C16H15ClFNO3/c1-9-13(21-3)5-4-6-14(9)22-15-8-11(17)12(18)7-10(15)16(20)19-2/h4-8H,1-3H3,(H,19,20). The third-order valence-corrected chi connectivity index (χ3v) is 3.46. The maximum absolute atomic E-state index is 13.6. The van der Waals surface area contributed by atoms with Crippen molar-refractivity contribution in [3.05, 3.63) is 52.3 Å². The van der Waals surface area contributed by atoms with Gasteiger partial charge >= 0.3 is 0 Å². The van der Waals surface area contributed by atoms with Gasteiger partial charge < -0.3 is 14.8 Å². The summed E-state index contributed by atoms with van der Waals surface area (Å²) in [5.74, 6) is 0.155. The van der Waals surface area contributed by atoms with E-state index >= 15 is 0 Å². The van der Waals surface area contributed by atoms with Gasteiger partial charge in [-0.05, 0) is 25.1 Å². The fourth-order valence-electron chi connectivity index (χ4n) is 1.97. The van der Waals surface area contributed by atoms with Crippen LogP contribution in [-0.4, -0.2) is 20.1 Å². The maximum atomic E-state index is 13.6. The molecule has 2 aromatic carbocycles. The second-order valence-corrected chi connectivity index (χ2v) is 4.93. The van der Waals surface area contributed by atoms with E-state index in [2.05, 4.69) is 5.32 Å². The van der Waals surface area contributed by atoms with Crippen LogP contribution >= 0.6 is 11.6 Å². The van der Waals surface area contributed by atoms with Crippen LogP contribution in [0.25, 0.3) is 0 Å². The number of ether oxygens (including phenoxy) is 2. The first kappa shape index (κ1) is 16.1. The fraction of sp³-hybridized carbons (Fsp3) is 0.188. The molecule has 4 nitrogen and oxygen atoms in total. The average Bonchev–Trinajstić information content (AvgIpc) is 2.51. The van der Waals surface area contributed by atoms with Crippen LogP contribution in [0, 0.1) is 12.7 Å². The first-order valence-electron chi connectivity index (χ1n) is 6.50. The summed E-state index contributed by atoms with van der Waals surface area (Å²) in [7, 11) is 3.01. The van der Waals surface area contributed by atoms with Crippen molar-refractivity contribution in [1.29, 1.82) is 0 Å². The van der Waals surface area contributed by atoms with E-state index in [1.165, 1.54) is 13.1 Å². The van der Waals surface area contributed by atoms with Crippen LogP contribution in [0.5, 0.6) is 17.2 Å². The number of rotatable bonds is 4. The molecule has 0 saturated carbocycles. The first-order valence-corrected chi connectivity index (χ1v) is 6.88. The first-order chi connectivity index (χ1) is 10.5. The number of carbonyl (C=O) groups excluding carboxylic acids is 1. The van der Waals surface area contributed by atoms with Crippen LogP contribution in [0.1, 0.15) is 15.9 Å². The molecule has 0 aliphatic heterocycles. The summed E-state index contributed by atoms with van der Waals surface area (Å²) in [6.07, 6.45) is 0. The number of amides is 1. The van der Waals surface area contributed by atoms with Crippen LogP contribution in [0.2, 0.25) is 5.02 Å². The third kappa shape index (κ3) is 3.14. The molecule has 2 aromatic rings. The zero-order valence-corrected chi connectivity index (χ0v) is 13.1. The Bertz CT molecular complexity index is 719. The van der Waals surface area contributed by atoms with Gasteiger partial charge in [0.1, 0.15) is 23.1 Å². The van der Waals surface area contributed by atoms with Gasteiger partial charge in [0.2, 0.25) is 0 Å². The van der Waals surface area contributed by atoms with Crippen molar-refractivity contribution < 1.29 is 18.7 Å². The second-order valence-electron chi connectivity index (χ2n) is 4.53. The van der Waals surface area contributed by atoms with E-state index in [1.54, 1.807) is 25.3 Å². The molecule has 0 aliphatic rings. The van der Waals surface area contributed by atoms with Crippen molar-refractivity contribution in [2.75, 3.05) is 14.2 Å². The molecule has 0 spiro atoms. The molecule has 0 bridgehead atoms. The summed E-state index contributed by atoms with van der Waals surface area (Å²) < 4.78 is 24.6. The molecular formula is C16H15ClFNO3. The Kier molecular flexibility index (Phi) is 4.88. The predicted octanol–water partition coefficient (Wildman–Crippen LogP) is 3.95. The zero-order chi connectivity index (χ0) is 16.3. The minimum absolute atomic E-state index is 0.0617. The summed E-state index contributed by atoms with van der Waals surface area (Å²) in [6.45, 7) is 1.82. The molecule has 1 amide bonds. The molecule has 1 N–H and O–H groups in total. The van der Waals surface area contributed by atoms with E-state index < -0.39 is 11.7 Å². The molecule has 0 unspecified atom stereocenters. The quantitative estimate of drug-likeness (QED) is 0.926. The smallest absolute Gasteiger partial charge is 0.254 e. The Hall–Kier alpha value is -2.27. The monoisotopic (exact) mass is 323 g/mol. The maximum Gasteiger partial charge on any atom is 0.254 e. The topological polar surface area (TPSA) is 47.6 Å². The van der Waals surface area contributed by atoms with Crippen molar-refractivity contribution in [2.45, 2.75) is 6.92 Å². The highest BCUT2D eigenvalue weighted by Gasteiger charge is 2.17. The van der Waals surface area contributed by atoms with Gasteiger partial charge in [-0.3, -0.25) is 4.79 Å². The summed E-state index contributed by atoms with van der Waals surface area (Å²) in [4.78, 5) is 11.9. The van der Waals surface area contributed by atoms with E-state index in [0.29, 0.717) is 11.5 Å². The molecule has 0 aromatic heterocycles. The largest absolute Gasteiger partial charge is 0.496 e. The van der Waals surface area contributed by atoms with Gasteiger partial charge in [0.15, 0.2) is 0 Å². The predicted molar refractivity (Wildman–Crippen MR) is 82.6 cm³/mol. The van der Waals surface area contributed by atoms with Crippen molar-refractivity contribution >= 4 is 17.5 Å². The second kappa shape index (κ2) is 6.66. The zero-order valence-electron chi connectivity index (χ0n) is 12.4. The van der Waals surface area contributed by atoms with Gasteiger partial charge in [-0.25, -0.2) is 4.39 Å². The molecule has 0 aliphatic carbocycles. The van der Waals surface area contributed by atoms with Crippen molar-refractivity contribution in [3.63, 3.8) is 0 Å². The summed E-state index contributed by atoms with van der Waals surface area (Å²) in [6, 6.07) is 7.60. The molecule has 2 rings (SSSR count). The molecule has 0 heterocycles. The Morgan fingerprint density at radius 3 is 2.55 bits per heavy atom. The lowest BCUT2D eigenvalue weighted by Crippen LogP contribution is -2.18. The Balaban J connectivity index is 2.49. The minimum atomic E-state index is -0.685. The van der Waals surface area contributed by atoms with Crippen LogP contribution in [0.3, 0.4) is 0 Å². The number of hydrogen-bond acceptors (Lipinski definition) is 3. The van der Waals surface area contributed by atoms with Gasteiger partial charge in [0, 0.05) is 18.7 Å². The summed E-state index contributed by atoms with van der Waals surface area (Å²) >= 11 is 5.79. The average molecular weight is 324 g/mol. The van der Waals surface area contributed by atoms with Crippen LogP contribution < -0.4 is 14.8 Å². The van der Waals surface area contributed by atoms with Gasteiger partial charge in [-0.15, -0.1) is 0 Å². The van der Waals surface area contributed by atoms with E-state index in [1.807, 2.05) is 6.92 Å². The fourth-order valence-corrected chi connectivity index (χ4v) is 2.12. The summed E-state index contributed by atoms with van der Waals surface area (Å²) in [5, 5.41) is 2.32. The van der Waals surface area contributed by atoms with Crippen LogP contribution in [-0.2, 0) is 0 Å². The lowest BCUT2D eigenvalue weighted by molar-refractivity contribution is 0.0960. The number of carbonyl (C=O) groups is 1. The van der Waals surface area contributed by atoms with Gasteiger partial charge in [-0.1, -0.05) is 17.7 Å². The van der Waals surface area contributed by atoms with E-state index in [4.69, 9.17) is 21.1 Å². The molecule has 0 atom stereocenters. The van der Waals surface area contributed by atoms with Crippen molar-refractivity contribution in [2.24, 2.45) is 0 Å². The van der Waals surface area contributed by atoms with Crippen LogP contribution in [0.15, 0.2) is 30.3 Å². The summed E-state index contributed by atoms with van der Waals surface area (Å²) in [5.41, 5.74) is 0.819. The molecule has 22 heavy (non-hydrogen) atoms. The Morgan fingerprint density at radius 1 is 1.23 bits per heavy atom. The van der Waals surface area contributed by atoms with Gasteiger partial charge in [0.05, 0.1) is 17.7 Å². The molecule has 116 valence electrons. The Morgan fingerprint density at radius 2 is 1.91 bits per heavy atom. The van der Waals surface area contributed by atoms with E-state index in [9.17, 15) is 9.18 Å². The van der Waals surface area contributed by atoms with Gasteiger partial charge in [-0.2, -0.15) is 0 Å². The number of methoxy groups -OCH3 is 1. The molecular weight excluding hydrogens is 309 g/mol. The lowest BCUT2D eigenvalue weighted by Gasteiger charge is -2.14. The number of benzene rings is 2. The van der Waals surface area contributed by atoms with Crippen molar-refractivity contribution in [3.8, 4) is 17.2 Å². The minimum Gasteiger partial charge on any atom is -0.496 e. The molecule has 0 fully saturated rings. The molecule has 0 radical (unpaired) electrons. The van der Waals surface area contributed by atoms with E-state index in [-0.39, 0.29) is 16.3 Å². The highest BCUT2D eigenvalue weighted by atomic mass is 35.5. The third-order valence-electron chi connectivity index (χ3n) is 3.17. The SMILES string of the molecule is CNC(=O)c1cc(F)c(Cl)cc1Oc1cccc(OC)c1C. The number of nitrogens with one attached hydrogen (secondary N) is 1. The normalized spacial score (nSPS) is 10.2. The highest BCUT2D eigenvalue weighted by molar-refractivity contribution is 6.31. The van der Waals surface area contributed by atoms with Crippen LogP contribution in [0.4, 0.5) is 4.39 Å². The van der Waals surface area contributed by atoms with Crippen molar-refractivity contribution in [1.82, 2.24) is 5.32 Å². The number of hydrogen-bond donors (Lipinski definition) is 1. The lowest BCUT2D eigenvalue weighted by atomic mass is 10.1. The molecule has 6 heteroatoms. The number of halogens is 2.